The lowest BCUT2D eigenvalue weighted by molar-refractivity contribution is 0.438. The van der Waals surface area contributed by atoms with E-state index in [1.54, 1.807) is 18.6 Å². The first-order valence-electron chi connectivity index (χ1n) is 8.99. The zero-order valence-corrected chi connectivity index (χ0v) is 14.8. The van der Waals surface area contributed by atoms with Gasteiger partial charge < -0.3 is 10.2 Å². The number of hydrogen-bond acceptors (Lipinski definition) is 6. The molecule has 0 saturated carbocycles. The third-order valence-corrected chi connectivity index (χ3v) is 4.71. The second-order valence-corrected chi connectivity index (χ2v) is 6.70. The predicted octanol–water partition coefficient (Wildman–Crippen LogP) is 3.91. The molecule has 0 unspecified atom stereocenters. The van der Waals surface area contributed by atoms with Crippen molar-refractivity contribution in [1.29, 1.82) is 0 Å². The van der Waals surface area contributed by atoms with Gasteiger partial charge in [-0.15, -0.1) is 0 Å². The summed E-state index contributed by atoms with van der Waals surface area (Å²) in [6.45, 7) is 4.53. The number of rotatable bonds is 4. The van der Waals surface area contributed by atoms with Gasteiger partial charge in [-0.1, -0.05) is 13.0 Å². The summed E-state index contributed by atoms with van der Waals surface area (Å²) in [7, 11) is 0. The molecular weight excluding hydrogens is 324 g/mol. The fourth-order valence-electron chi connectivity index (χ4n) is 3.11. The molecule has 0 radical (unpaired) electrons. The van der Waals surface area contributed by atoms with Gasteiger partial charge in [0.05, 0.1) is 30.0 Å². The molecule has 1 aliphatic rings. The highest BCUT2D eigenvalue weighted by atomic mass is 15.1. The second kappa shape index (κ2) is 7.47. The molecule has 4 heterocycles. The summed E-state index contributed by atoms with van der Waals surface area (Å²) in [5.74, 6) is 2.23. The van der Waals surface area contributed by atoms with Gasteiger partial charge in [-0.3, -0.25) is 9.97 Å². The van der Waals surface area contributed by atoms with Crippen LogP contribution in [0.3, 0.4) is 0 Å². The maximum absolute atomic E-state index is 4.57. The van der Waals surface area contributed by atoms with Gasteiger partial charge in [0.15, 0.2) is 5.82 Å². The Kier molecular flexibility index (Phi) is 4.73. The molecule has 0 atom stereocenters. The summed E-state index contributed by atoms with van der Waals surface area (Å²) in [6, 6.07) is 9.84. The SMILES string of the molecule is CC1CCN(c2ccc(Nc3cncc(-c4ccccn4)n3)nc2)CC1. The van der Waals surface area contributed by atoms with Gasteiger partial charge in [-0.25, -0.2) is 9.97 Å². The average Bonchev–Trinajstić information content (AvgIpc) is 2.70. The minimum Gasteiger partial charge on any atom is -0.370 e. The Labute approximate surface area is 153 Å². The van der Waals surface area contributed by atoms with E-state index in [9.17, 15) is 0 Å². The molecule has 26 heavy (non-hydrogen) atoms. The van der Waals surface area contributed by atoms with Crippen molar-refractivity contribution < 1.29 is 0 Å². The highest BCUT2D eigenvalue weighted by molar-refractivity contribution is 5.59. The smallest absolute Gasteiger partial charge is 0.150 e. The van der Waals surface area contributed by atoms with Crippen LogP contribution < -0.4 is 10.2 Å². The summed E-state index contributed by atoms with van der Waals surface area (Å²) in [5.41, 5.74) is 2.71. The summed E-state index contributed by atoms with van der Waals surface area (Å²) < 4.78 is 0. The van der Waals surface area contributed by atoms with Crippen molar-refractivity contribution in [2.45, 2.75) is 19.8 Å². The molecule has 4 rings (SSSR count). The Bertz CT molecular complexity index is 842. The van der Waals surface area contributed by atoms with Crippen LogP contribution in [0.25, 0.3) is 11.4 Å². The van der Waals surface area contributed by atoms with E-state index >= 15 is 0 Å². The third kappa shape index (κ3) is 3.79. The van der Waals surface area contributed by atoms with E-state index in [0.29, 0.717) is 5.82 Å². The van der Waals surface area contributed by atoms with Crippen LogP contribution in [-0.2, 0) is 0 Å². The van der Waals surface area contributed by atoms with Crippen LogP contribution in [0.2, 0.25) is 0 Å². The monoisotopic (exact) mass is 346 g/mol. The summed E-state index contributed by atoms with van der Waals surface area (Å²) in [4.78, 5) is 20.1. The highest BCUT2D eigenvalue weighted by Gasteiger charge is 2.16. The molecule has 1 aliphatic heterocycles. The van der Waals surface area contributed by atoms with E-state index in [4.69, 9.17) is 0 Å². The molecule has 0 bridgehead atoms. The summed E-state index contributed by atoms with van der Waals surface area (Å²) in [6.07, 6.45) is 9.56. The number of anilines is 3. The maximum atomic E-state index is 4.57. The van der Waals surface area contributed by atoms with E-state index in [-0.39, 0.29) is 0 Å². The lowest BCUT2D eigenvalue weighted by atomic mass is 9.99. The van der Waals surface area contributed by atoms with E-state index in [1.807, 2.05) is 30.5 Å². The van der Waals surface area contributed by atoms with Crippen LogP contribution in [0.4, 0.5) is 17.3 Å². The first-order valence-corrected chi connectivity index (χ1v) is 8.99. The molecule has 1 N–H and O–H groups in total. The topological polar surface area (TPSA) is 66.8 Å². The molecule has 3 aromatic rings. The van der Waals surface area contributed by atoms with Gasteiger partial charge in [0, 0.05) is 19.3 Å². The number of nitrogens with one attached hydrogen (secondary N) is 1. The van der Waals surface area contributed by atoms with Gasteiger partial charge in [0.2, 0.25) is 0 Å². The number of hydrogen-bond donors (Lipinski definition) is 1. The predicted molar refractivity (Wildman–Crippen MR) is 103 cm³/mol. The Morgan fingerprint density at radius 2 is 1.81 bits per heavy atom. The minimum atomic E-state index is 0.653. The quantitative estimate of drug-likeness (QED) is 0.772. The fraction of sp³-hybridized carbons (Fsp3) is 0.300. The highest BCUT2D eigenvalue weighted by Crippen LogP contribution is 2.24. The molecule has 3 aromatic heterocycles. The molecule has 6 heteroatoms. The van der Waals surface area contributed by atoms with E-state index < -0.39 is 0 Å². The van der Waals surface area contributed by atoms with Crippen molar-refractivity contribution in [2.75, 3.05) is 23.3 Å². The van der Waals surface area contributed by atoms with Gasteiger partial charge >= 0.3 is 0 Å². The van der Waals surface area contributed by atoms with Crippen LogP contribution in [-0.4, -0.2) is 33.0 Å². The van der Waals surface area contributed by atoms with Crippen molar-refractivity contribution >= 4 is 17.3 Å². The first-order chi connectivity index (χ1) is 12.8. The number of nitrogens with zero attached hydrogens (tertiary/aromatic N) is 5. The molecule has 1 fully saturated rings. The zero-order valence-electron chi connectivity index (χ0n) is 14.8. The van der Waals surface area contributed by atoms with Gasteiger partial charge in [-0.2, -0.15) is 0 Å². The lowest BCUT2D eigenvalue weighted by Gasteiger charge is -2.31. The summed E-state index contributed by atoms with van der Waals surface area (Å²) in [5, 5.41) is 3.22. The second-order valence-electron chi connectivity index (χ2n) is 6.70. The van der Waals surface area contributed by atoms with E-state index in [1.165, 1.54) is 18.5 Å². The standard InChI is InChI=1S/C20H22N6/c1-15-7-10-26(11-8-15)16-5-6-19(23-12-16)25-20-14-21-13-18(24-20)17-4-2-3-9-22-17/h2-6,9,12-15H,7-8,10-11H2,1H3,(H,23,24,25). The van der Waals surface area contributed by atoms with Crippen LogP contribution in [0.15, 0.2) is 55.1 Å². The van der Waals surface area contributed by atoms with Crippen LogP contribution in [0, 0.1) is 5.92 Å². The normalized spacial score (nSPS) is 15.0. The van der Waals surface area contributed by atoms with Crippen molar-refractivity contribution in [3.05, 3.63) is 55.1 Å². The van der Waals surface area contributed by atoms with Crippen molar-refractivity contribution in [1.82, 2.24) is 19.9 Å². The average molecular weight is 346 g/mol. The van der Waals surface area contributed by atoms with Crippen LogP contribution in [0.5, 0.6) is 0 Å². The van der Waals surface area contributed by atoms with Gasteiger partial charge in [-0.05, 0) is 43.0 Å². The van der Waals surface area contributed by atoms with Crippen molar-refractivity contribution in [2.24, 2.45) is 5.92 Å². The maximum Gasteiger partial charge on any atom is 0.150 e. The van der Waals surface area contributed by atoms with Crippen molar-refractivity contribution in [3.8, 4) is 11.4 Å². The first kappa shape index (κ1) is 16.4. The number of aromatic nitrogens is 4. The van der Waals surface area contributed by atoms with Crippen LogP contribution >= 0.6 is 0 Å². The Hall–Kier alpha value is -3.02. The molecule has 0 spiro atoms. The largest absolute Gasteiger partial charge is 0.370 e. The Morgan fingerprint density at radius 3 is 2.54 bits per heavy atom. The van der Waals surface area contributed by atoms with Gasteiger partial charge in [0.25, 0.3) is 0 Å². The Morgan fingerprint density at radius 1 is 0.923 bits per heavy atom. The minimum absolute atomic E-state index is 0.653. The fourth-order valence-corrected chi connectivity index (χ4v) is 3.11. The number of pyridine rings is 2. The van der Waals surface area contributed by atoms with Crippen LogP contribution in [0.1, 0.15) is 19.8 Å². The molecule has 0 amide bonds. The third-order valence-electron chi connectivity index (χ3n) is 4.71. The zero-order chi connectivity index (χ0) is 17.8. The lowest BCUT2D eigenvalue weighted by Crippen LogP contribution is -2.32. The Balaban J connectivity index is 1.46. The molecule has 132 valence electrons. The van der Waals surface area contributed by atoms with E-state index in [0.717, 1.165) is 36.2 Å². The van der Waals surface area contributed by atoms with Gasteiger partial charge in [0.1, 0.15) is 11.5 Å². The molecule has 1 saturated heterocycles. The molecule has 0 aromatic carbocycles. The molecule has 0 aliphatic carbocycles. The molecular formula is C20H22N6. The summed E-state index contributed by atoms with van der Waals surface area (Å²) >= 11 is 0. The molecule has 6 nitrogen and oxygen atoms in total. The van der Waals surface area contributed by atoms with Crippen molar-refractivity contribution in [3.63, 3.8) is 0 Å². The number of piperidine rings is 1. The van der Waals surface area contributed by atoms with E-state index in [2.05, 4.69) is 43.1 Å².